The normalized spacial score (nSPS) is 12.8. The molecule has 0 heterocycles. The summed E-state index contributed by atoms with van der Waals surface area (Å²) in [7, 11) is 1.92. The van der Waals surface area contributed by atoms with Gasteiger partial charge in [-0.05, 0) is 44.2 Å². The maximum atomic E-state index is 13.1. The van der Waals surface area contributed by atoms with Crippen molar-refractivity contribution >= 4 is 0 Å². The zero-order chi connectivity index (χ0) is 11.3. The Balaban J connectivity index is 2.50. The van der Waals surface area contributed by atoms with E-state index >= 15 is 0 Å². The van der Waals surface area contributed by atoms with Crippen LogP contribution in [0.3, 0.4) is 0 Å². The lowest BCUT2D eigenvalue weighted by Crippen LogP contribution is -2.34. The predicted molar refractivity (Wildman–Crippen MR) is 61.4 cm³/mol. The Morgan fingerprint density at radius 2 is 2.07 bits per heavy atom. The molecule has 1 rings (SSSR count). The van der Waals surface area contributed by atoms with E-state index in [1.54, 1.807) is 12.1 Å². The van der Waals surface area contributed by atoms with Crippen molar-refractivity contribution < 1.29 is 4.39 Å². The lowest BCUT2D eigenvalue weighted by Gasteiger charge is -2.13. The molecule has 15 heavy (non-hydrogen) atoms. The number of hydrogen-bond donors (Lipinski definition) is 2. The Morgan fingerprint density at radius 3 is 2.67 bits per heavy atom. The molecule has 0 fully saturated rings. The maximum Gasteiger partial charge on any atom is 0.123 e. The molecule has 2 nitrogen and oxygen atoms in total. The van der Waals surface area contributed by atoms with E-state index < -0.39 is 0 Å². The molecule has 0 aliphatic carbocycles. The quantitative estimate of drug-likeness (QED) is 0.775. The molecule has 0 bridgehead atoms. The number of rotatable bonds is 5. The molecular formula is C12H19FN2. The van der Waals surface area contributed by atoms with Crippen molar-refractivity contribution in [1.29, 1.82) is 0 Å². The van der Waals surface area contributed by atoms with Gasteiger partial charge in [-0.25, -0.2) is 4.39 Å². The number of hydrogen-bond acceptors (Lipinski definition) is 2. The minimum absolute atomic E-state index is 0.159. The monoisotopic (exact) mass is 210 g/mol. The van der Waals surface area contributed by atoms with Crippen LogP contribution in [0.1, 0.15) is 18.1 Å². The van der Waals surface area contributed by atoms with Gasteiger partial charge in [0.15, 0.2) is 0 Å². The Bertz CT molecular complexity index is 292. The molecule has 0 spiro atoms. The Morgan fingerprint density at radius 1 is 1.33 bits per heavy atom. The second-order valence-corrected chi connectivity index (χ2v) is 3.98. The average molecular weight is 210 g/mol. The lowest BCUT2D eigenvalue weighted by atomic mass is 10.1. The lowest BCUT2D eigenvalue weighted by molar-refractivity contribution is 0.521. The van der Waals surface area contributed by atoms with Gasteiger partial charge in [-0.3, -0.25) is 0 Å². The summed E-state index contributed by atoms with van der Waals surface area (Å²) in [6.45, 7) is 5.63. The second-order valence-electron chi connectivity index (χ2n) is 3.98. The molecule has 0 radical (unpaired) electrons. The molecule has 1 atom stereocenters. The van der Waals surface area contributed by atoms with Crippen molar-refractivity contribution in [3.63, 3.8) is 0 Å². The van der Waals surface area contributed by atoms with Crippen LogP contribution >= 0.6 is 0 Å². The van der Waals surface area contributed by atoms with Crippen molar-refractivity contribution in [3.05, 3.63) is 35.1 Å². The van der Waals surface area contributed by atoms with Gasteiger partial charge in [-0.15, -0.1) is 0 Å². The molecule has 0 amide bonds. The van der Waals surface area contributed by atoms with Crippen LogP contribution in [0.4, 0.5) is 4.39 Å². The van der Waals surface area contributed by atoms with Gasteiger partial charge < -0.3 is 10.6 Å². The predicted octanol–water partition coefficient (Wildman–Crippen LogP) is 1.83. The molecule has 1 aromatic rings. The average Bonchev–Trinajstić information content (AvgIpc) is 2.14. The highest BCUT2D eigenvalue weighted by Crippen LogP contribution is 2.08. The van der Waals surface area contributed by atoms with Crippen molar-refractivity contribution in [1.82, 2.24) is 10.6 Å². The van der Waals surface area contributed by atoms with Crippen molar-refractivity contribution in [2.45, 2.75) is 26.4 Å². The number of likely N-dealkylation sites (N-methyl/N-ethyl adjacent to an activating group) is 1. The van der Waals surface area contributed by atoms with Gasteiger partial charge in [0.25, 0.3) is 0 Å². The molecule has 0 saturated carbocycles. The fraction of sp³-hybridized carbons (Fsp3) is 0.500. The zero-order valence-corrected chi connectivity index (χ0v) is 9.60. The Kier molecular flexibility index (Phi) is 4.72. The van der Waals surface area contributed by atoms with Gasteiger partial charge >= 0.3 is 0 Å². The van der Waals surface area contributed by atoms with Crippen molar-refractivity contribution in [2.24, 2.45) is 0 Å². The largest absolute Gasteiger partial charge is 0.318 e. The molecular weight excluding hydrogens is 191 g/mol. The van der Waals surface area contributed by atoms with E-state index in [1.807, 2.05) is 20.0 Å². The maximum absolute atomic E-state index is 13.1. The van der Waals surface area contributed by atoms with Crippen LogP contribution in [-0.2, 0) is 6.54 Å². The molecule has 0 aliphatic rings. The third-order valence-electron chi connectivity index (χ3n) is 2.27. The van der Waals surface area contributed by atoms with Crippen LogP contribution in [0, 0.1) is 12.7 Å². The summed E-state index contributed by atoms with van der Waals surface area (Å²) < 4.78 is 13.1. The molecule has 3 heteroatoms. The standard InChI is InChI=1S/C12H19FN2/c1-9-4-11(6-12(13)5-9)8-15-10(2)7-14-3/h4-6,10,14-15H,7-8H2,1-3H3. The van der Waals surface area contributed by atoms with E-state index in [1.165, 1.54) is 0 Å². The van der Waals surface area contributed by atoms with Crippen LogP contribution in [0.2, 0.25) is 0 Å². The van der Waals surface area contributed by atoms with E-state index in [9.17, 15) is 4.39 Å². The minimum atomic E-state index is -0.159. The third kappa shape index (κ3) is 4.40. The van der Waals surface area contributed by atoms with Crippen molar-refractivity contribution in [3.8, 4) is 0 Å². The smallest absolute Gasteiger partial charge is 0.123 e. The van der Waals surface area contributed by atoms with Crippen LogP contribution < -0.4 is 10.6 Å². The zero-order valence-electron chi connectivity index (χ0n) is 9.60. The van der Waals surface area contributed by atoms with Crippen LogP contribution in [0.5, 0.6) is 0 Å². The SMILES string of the molecule is CNCC(C)NCc1cc(C)cc(F)c1. The van der Waals surface area contributed by atoms with Crippen LogP contribution in [0.15, 0.2) is 18.2 Å². The summed E-state index contributed by atoms with van der Waals surface area (Å²) in [4.78, 5) is 0. The first-order valence-corrected chi connectivity index (χ1v) is 5.26. The van der Waals surface area contributed by atoms with E-state index in [0.29, 0.717) is 12.6 Å². The van der Waals surface area contributed by atoms with Crippen LogP contribution in [0.25, 0.3) is 0 Å². The minimum Gasteiger partial charge on any atom is -0.318 e. The first kappa shape index (κ1) is 12.1. The van der Waals surface area contributed by atoms with Gasteiger partial charge in [0, 0.05) is 19.1 Å². The molecule has 0 aliphatic heterocycles. The van der Waals surface area contributed by atoms with E-state index in [2.05, 4.69) is 17.6 Å². The Labute approximate surface area is 90.9 Å². The molecule has 2 N–H and O–H groups in total. The first-order valence-electron chi connectivity index (χ1n) is 5.26. The molecule has 1 aromatic carbocycles. The fourth-order valence-corrected chi connectivity index (χ4v) is 1.58. The molecule has 1 unspecified atom stereocenters. The number of aryl methyl sites for hydroxylation is 1. The Hall–Kier alpha value is -0.930. The molecule has 0 aromatic heterocycles. The summed E-state index contributed by atoms with van der Waals surface area (Å²) >= 11 is 0. The highest BCUT2D eigenvalue weighted by atomic mass is 19.1. The van der Waals surface area contributed by atoms with Gasteiger partial charge in [-0.2, -0.15) is 0 Å². The number of halogens is 1. The van der Waals surface area contributed by atoms with Crippen molar-refractivity contribution in [2.75, 3.05) is 13.6 Å². The van der Waals surface area contributed by atoms with E-state index in [4.69, 9.17) is 0 Å². The molecule has 84 valence electrons. The topological polar surface area (TPSA) is 24.1 Å². The summed E-state index contributed by atoms with van der Waals surface area (Å²) in [5.74, 6) is -0.159. The number of nitrogens with one attached hydrogen (secondary N) is 2. The van der Waals surface area contributed by atoms with E-state index in [-0.39, 0.29) is 5.82 Å². The second kappa shape index (κ2) is 5.83. The third-order valence-corrected chi connectivity index (χ3v) is 2.27. The highest BCUT2D eigenvalue weighted by Gasteiger charge is 2.01. The summed E-state index contributed by atoms with van der Waals surface area (Å²) in [5, 5.41) is 6.42. The first-order chi connectivity index (χ1) is 7.11. The molecule has 0 saturated heterocycles. The summed E-state index contributed by atoms with van der Waals surface area (Å²) in [6.07, 6.45) is 0. The van der Waals surface area contributed by atoms with Gasteiger partial charge in [0.1, 0.15) is 5.82 Å². The van der Waals surface area contributed by atoms with Crippen LogP contribution in [-0.4, -0.2) is 19.6 Å². The van der Waals surface area contributed by atoms with E-state index in [0.717, 1.165) is 17.7 Å². The van der Waals surface area contributed by atoms with Gasteiger partial charge in [0.2, 0.25) is 0 Å². The summed E-state index contributed by atoms with van der Waals surface area (Å²) in [6, 6.07) is 5.51. The number of benzene rings is 1. The fourth-order valence-electron chi connectivity index (χ4n) is 1.58. The summed E-state index contributed by atoms with van der Waals surface area (Å²) in [5.41, 5.74) is 1.96. The van der Waals surface area contributed by atoms with Gasteiger partial charge in [-0.1, -0.05) is 6.07 Å². The highest BCUT2D eigenvalue weighted by molar-refractivity contribution is 5.23. The van der Waals surface area contributed by atoms with Gasteiger partial charge in [0.05, 0.1) is 0 Å².